The number of anilines is 2. The van der Waals surface area contributed by atoms with E-state index in [1.165, 1.54) is 25.3 Å². The molecule has 0 aliphatic carbocycles. The summed E-state index contributed by atoms with van der Waals surface area (Å²) >= 11 is 0. The Morgan fingerprint density at radius 1 is 1.30 bits per heavy atom. The minimum atomic E-state index is -4.04. The minimum Gasteiger partial charge on any atom is -0.495 e. The summed E-state index contributed by atoms with van der Waals surface area (Å²) in [5, 5.41) is 10.3. The molecule has 2 amide bonds. The highest BCUT2D eigenvalue weighted by Gasteiger charge is 2.29. The van der Waals surface area contributed by atoms with Gasteiger partial charge in [0, 0.05) is 5.69 Å². The number of hydrogen-bond acceptors (Lipinski definition) is 6. The second-order valence-electron chi connectivity index (χ2n) is 5.75. The molecule has 1 atom stereocenters. The number of amides is 2. The van der Waals surface area contributed by atoms with Gasteiger partial charge in [-0.3, -0.25) is 9.59 Å². The number of benzene rings is 2. The number of carbonyl (C=O) groups excluding carboxylic acids is 2. The van der Waals surface area contributed by atoms with Crippen molar-refractivity contribution < 1.29 is 27.5 Å². The molecular formula is C17H17N3O6S. The average Bonchev–Trinajstić information content (AvgIpc) is 2.61. The first-order valence-electron chi connectivity index (χ1n) is 7.85. The zero-order valence-electron chi connectivity index (χ0n) is 14.3. The number of rotatable bonds is 5. The van der Waals surface area contributed by atoms with Crippen LogP contribution >= 0.6 is 0 Å². The number of para-hydroxylation sites is 2. The molecule has 3 rings (SSSR count). The number of fused-ring (bicyclic) bond motifs is 1. The first-order chi connectivity index (χ1) is 12.8. The highest BCUT2D eigenvalue weighted by Crippen LogP contribution is 2.30. The maximum atomic E-state index is 12.3. The molecule has 0 unspecified atom stereocenters. The maximum absolute atomic E-state index is 12.3. The second kappa shape index (κ2) is 7.25. The van der Waals surface area contributed by atoms with Crippen molar-refractivity contribution in [1.82, 2.24) is 0 Å². The molecule has 0 saturated heterocycles. The SMILES string of the molecule is COc1ccc(NC(=O)C[C@H]2Oc3ccccc3NC2=O)cc1S(N)(=O)=O. The second-order valence-corrected chi connectivity index (χ2v) is 7.28. The molecule has 27 heavy (non-hydrogen) atoms. The van der Waals surface area contributed by atoms with Crippen molar-refractivity contribution in [3.05, 3.63) is 42.5 Å². The largest absolute Gasteiger partial charge is 0.495 e. The summed E-state index contributed by atoms with van der Waals surface area (Å²) in [6.45, 7) is 0. The Balaban J connectivity index is 1.72. The minimum absolute atomic E-state index is 0.0575. The van der Waals surface area contributed by atoms with Gasteiger partial charge in [0.1, 0.15) is 16.4 Å². The summed E-state index contributed by atoms with van der Waals surface area (Å²) < 4.78 is 33.8. The molecule has 0 fully saturated rings. The summed E-state index contributed by atoms with van der Waals surface area (Å²) in [5.41, 5.74) is 0.730. The fourth-order valence-corrected chi connectivity index (χ4v) is 3.31. The van der Waals surface area contributed by atoms with E-state index in [0.29, 0.717) is 11.4 Å². The lowest BCUT2D eigenvalue weighted by molar-refractivity contribution is -0.128. The van der Waals surface area contributed by atoms with Crippen molar-refractivity contribution in [2.45, 2.75) is 17.4 Å². The number of primary sulfonamides is 1. The molecule has 142 valence electrons. The number of nitrogens with one attached hydrogen (secondary N) is 2. The lowest BCUT2D eigenvalue weighted by Gasteiger charge is -2.25. The van der Waals surface area contributed by atoms with Gasteiger partial charge in [-0.1, -0.05) is 12.1 Å². The molecule has 10 heteroatoms. The molecule has 1 aliphatic heterocycles. The lowest BCUT2D eigenvalue weighted by Crippen LogP contribution is -2.39. The molecule has 0 spiro atoms. The van der Waals surface area contributed by atoms with Crippen molar-refractivity contribution >= 4 is 33.2 Å². The van der Waals surface area contributed by atoms with Crippen molar-refractivity contribution in [2.24, 2.45) is 5.14 Å². The summed E-state index contributed by atoms with van der Waals surface area (Å²) in [4.78, 5) is 24.1. The maximum Gasteiger partial charge on any atom is 0.266 e. The fraction of sp³-hybridized carbons (Fsp3) is 0.176. The molecular weight excluding hydrogens is 374 g/mol. The van der Waals surface area contributed by atoms with Crippen molar-refractivity contribution in [3.63, 3.8) is 0 Å². The number of nitrogens with two attached hydrogens (primary N) is 1. The first kappa shape index (κ1) is 18.7. The van der Waals surface area contributed by atoms with Gasteiger partial charge in [-0.2, -0.15) is 0 Å². The standard InChI is InChI=1S/C17H17N3O6S/c1-25-13-7-6-10(8-15(13)27(18,23)24)19-16(21)9-14-17(22)20-11-4-2-3-5-12(11)26-14/h2-8,14H,9H2,1H3,(H,19,21)(H,20,22)(H2,18,23,24)/t14-/m1/s1. The normalized spacial score (nSPS) is 15.9. The molecule has 1 aliphatic rings. The van der Waals surface area contributed by atoms with Crippen LogP contribution < -0.4 is 25.2 Å². The molecule has 0 bridgehead atoms. The first-order valence-corrected chi connectivity index (χ1v) is 9.40. The average molecular weight is 391 g/mol. The number of ether oxygens (including phenoxy) is 2. The van der Waals surface area contributed by atoms with E-state index in [9.17, 15) is 18.0 Å². The van der Waals surface area contributed by atoms with E-state index in [4.69, 9.17) is 14.6 Å². The summed E-state index contributed by atoms with van der Waals surface area (Å²) in [6, 6.07) is 10.9. The third-order valence-corrected chi connectivity index (χ3v) is 4.76. The van der Waals surface area contributed by atoms with Crippen molar-refractivity contribution in [1.29, 1.82) is 0 Å². The Kier molecular flexibility index (Phi) is 5.02. The quantitative estimate of drug-likeness (QED) is 0.697. The van der Waals surface area contributed by atoms with Crippen LogP contribution in [0.5, 0.6) is 11.5 Å². The van der Waals surface area contributed by atoms with Crippen molar-refractivity contribution in [3.8, 4) is 11.5 Å². The number of methoxy groups -OCH3 is 1. The van der Waals surface area contributed by atoms with Gasteiger partial charge >= 0.3 is 0 Å². The predicted molar refractivity (Wildman–Crippen MR) is 97.1 cm³/mol. The van der Waals surface area contributed by atoms with E-state index >= 15 is 0 Å². The number of sulfonamides is 1. The van der Waals surface area contributed by atoms with Gasteiger partial charge in [0.05, 0.1) is 19.2 Å². The third kappa shape index (κ3) is 4.18. The summed E-state index contributed by atoms with van der Waals surface area (Å²) in [6.07, 6.45) is -1.26. The van der Waals surface area contributed by atoms with Crippen LogP contribution in [0.1, 0.15) is 6.42 Å². The molecule has 0 radical (unpaired) electrons. The Labute approximate surface area is 155 Å². The predicted octanol–water partition coefficient (Wildman–Crippen LogP) is 1.07. The van der Waals surface area contributed by atoms with Crippen LogP contribution in [-0.4, -0.2) is 33.4 Å². The summed E-state index contributed by atoms with van der Waals surface area (Å²) in [5.74, 6) is -0.443. The zero-order chi connectivity index (χ0) is 19.6. The highest BCUT2D eigenvalue weighted by molar-refractivity contribution is 7.89. The Morgan fingerprint density at radius 2 is 2.04 bits per heavy atom. The van der Waals surface area contributed by atoms with E-state index < -0.39 is 27.9 Å². The van der Waals surface area contributed by atoms with Gasteiger partial charge < -0.3 is 20.1 Å². The summed E-state index contributed by atoms with van der Waals surface area (Å²) in [7, 11) is -2.73. The van der Waals surface area contributed by atoms with Gasteiger partial charge in [0.15, 0.2) is 6.10 Å². The Bertz CT molecular complexity index is 1010. The van der Waals surface area contributed by atoms with Gasteiger partial charge in [-0.05, 0) is 30.3 Å². The Morgan fingerprint density at radius 3 is 2.74 bits per heavy atom. The molecule has 2 aromatic carbocycles. The Hall–Kier alpha value is -3.11. The van der Waals surface area contributed by atoms with E-state index in [1.54, 1.807) is 24.3 Å². The monoisotopic (exact) mass is 391 g/mol. The fourth-order valence-electron chi connectivity index (χ4n) is 2.58. The third-order valence-electron chi connectivity index (χ3n) is 3.83. The lowest BCUT2D eigenvalue weighted by atomic mass is 10.1. The van der Waals surface area contributed by atoms with Crippen molar-refractivity contribution in [2.75, 3.05) is 17.7 Å². The topological polar surface area (TPSA) is 137 Å². The van der Waals surface area contributed by atoms with Gasteiger partial charge in [-0.25, -0.2) is 13.6 Å². The van der Waals surface area contributed by atoms with Crippen LogP contribution in [0.15, 0.2) is 47.4 Å². The van der Waals surface area contributed by atoms with E-state index in [1.807, 2.05) is 0 Å². The van der Waals surface area contributed by atoms with E-state index in [-0.39, 0.29) is 22.8 Å². The molecule has 0 aromatic heterocycles. The van der Waals surface area contributed by atoms with Gasteiger partial charge in [0.25, 0.3) is 5.91 Å². The zero-order valence-corrected chi connectivity index (χ0v) is 15.1. The van der Waals surface area contributed by atoms with E-state index in [0.717, 1.165) is 0 Å². The van der Waals surface area contributed by atoms with Crippen LogP contribution in [-0.2, 0) is 19.6 Å². The van der Waals surface area contributed by atoms with Crippen LogP contribution in [0.4, 0.5) is 11.4 Å². The number of hydrogen-bond donors (Lipinski definition) is 3. The highest BCUT2D eigenvalue weighted by atomic mass is 32.2. The molecule has 2 aromatic rings. The molecule has 4 N–H and O–H groups in total. The molecule has 0 saturated carbocycles. The number of carbonyl (C=O) groups is 2. The molecule has 1 heterocycles. The smallest absolute Gasteiger partial charge is 0.266 e. The van der Waals surface area contributed by atoms with Gasteiger partial charge in [0.2, 0.25) is 15.9 Å². The molecule has 9 nitrogen and oxygen atoms in total. The van der Waals surface area contributed by atoms with E-state index in [2.05, 4.69) is 10.6 Å². The van der Waals surface area contributed by atoms with Crippen LogP contribution in [0, 0.1) is 0 Å². The van der Waals surface area contributed by atoms with Crippen LogP contribution in [0.3, 0.4) is 0 Å². The van der Waals surface area contributed by atoms with Crippen LogP contribution in [0.2, 0.25) is 0 Å². The van der Waals surface area contributed by atoms with Crippen LogP contribution in [0.25, 0.3) is 0 Å². The van der Waals surface area contributed by atoms with Gasteiger partial charge in [-0.15, -0.1) is 0 Å².